The minimum atomic E-state index is -0.124. The molecule has 0 aliphatic rings. The van der Waals surface area contributed by atoms with E-state index >= 15 is 0 Å². The lowest BCUT2D eigenvalue weighted by molar-refractivity contribution is 1.04. The lowest BCUT2D eigenvalue weighted by Crippen LogP contribution is -2.07. The lowest BCUT2D eigenvalue weighted by atomic mass is 10.2. The van der Waals surface area contributed by atoms with E-state index in [-0.39, 0.29) is 5.56 Å². The highest BCUT2D eigenvalue weighted by atomic mass is 32.1. The molecule has 0 saturated carbocycles. The van der Waals surface area contributed by atoms with Gasteiger partial charge in [-0.2, -0.15) is 0 Å². The van der Waals surface area contributed by atoms with E-state index in [4.69, 9.17) is 5.73 Å². The van der Waals surface area contributed by atoms with Crippen molar-refractivity contribution in [1.29, 1.82) is 0 Å². The predicted molar refractivity (Wildman–Crippen MR) is 56.1 cm³/mol. The van der Waals surface area contributed by atoms with Gasteiger partial charge in [0.2, 0.25) is 0 Å². The molecular weight excluding hydrogens is 198 g/mol. The zero-order chi connectivity index (χ0) is 9.97. The average molecular weight is 207 g/mol. The minimum Gasteiger partial charge on any atom is -0.329 e. The van der Waals surface area contributed by atoms with Crippen LogP contribution in [0.4, 0.5) is 0 Å². The van der Waals surface area contributed by atoms with E-state index < -0.39 is 0 Å². The molecular formula is C9H9N3OS. The quantitative estimate of drug-likeness (QED) is 0.770. The van der Waals surface area contributed by atoms with Gasteiger partial charge >= 0.3 is 0 Å². The third-order valence-electron chi connectivity index (χ3n) is 1.82. The van der Waals surface area contributed by atoms with Gasteiger partial charge in [-0.25, -0.2) is 4.98 Å². The Labute approximate surface area is 84.4 Å². The predicted octanol–water partition coefficient (Wildman–Crippen LogP) is 0.957. The number of pyridine rings is 1. The van der Waals surface area contributed by atoms with Crippen molar-refractivity contribution < 1.29 is 0 Å². The molecule has 4 nitrogen and oxygen atoms in total. The summed E-state index contributed by atoms with van der Waals surface area (Å²) in [5, 5.41) is 2.68. The first-order valence-electron chi connectivity index (χ1n) is 4.14. The molecule has 0 fully saturated rings. The summed E-state index contributed by atoms with van der Waals surface area (Å²) in [7, 11) is 0. The summed E-state index contributed by atoms with van der Waals surface area (Å²) >= 11 is 1.46. The molecule has 14 heavy (non-hydrogen) atoms. The fourth-order valence-corrected chi connectivity index (χ4v) is 1.83. The molecule has 2 aromatic heterocycles. The second kappa shape index (κ2) is 3.73. The first-order valence-corrected chi connectivity index (χ1v) is 5.02. The first-order chi connectivity index (χ1) is 6.81. The number of nitrogens with two attached hydrogens (primary N) is 1. The van der Waals surface area contributed by atoms with Gasteiger partial charge in [0.05, 0.1) is 11.3 Å². The van der Waals surface area contributed by atoms with Gasteiger partial charge in [0.25, 0.3) is 5.56 Å². The van der Waals surface area contributed by atoms with Crippen molar-refractivity contribution in [2.75, 3.05) is 0 Å². The smallest absolute Gasteiger partial charge is 0.257 e. The van der Waals surface area contributed by atoms with Crippen LogP contribution in [0.15, 0.2) is 28.5 Å². The average Bonchev–Trinajstić information content (AvgIpc) is 2.67. The van der Waals surface area contributed by atoms with Crippen molar-refractivity contribution in [3.05, 3.63) is 39.1 Å². The third-order valence-corrected chi connectivity index (χ3v) is 2.69. The number of nitrogens with zero attached hydrogens (tertiary/aromatic N) is 1. The molecule has 0 radical (unpaired) electrons. The number of nitrogens with one attached hydrogen (secondary N) is 1. The van der Waals surface area contributed by atoms with E-state index in [1.807, 2.05) is 5.38 Å². The minimum absolute atomic E-state index is 0.124. The Hall–Kier alpha value is -1.46. The number of H-pyrrole nitrogens is 1. The van der Waals surface area contributed by atoms with Crippen molar-refractivity contribution >= 4 is 11.3 Å². The van der Waals surface area contributed by atoms with Crippen LogP contribution in [0.1, 0.15) is 5.01 Å². The van der Waals surface area contributed by atoms with Gasteiger partial charge in [-0.1, -0.05) is 0 Å². The second-order valence-corrected chi connectivity index (χ2v) is 3.69. The summed E-state index contributed by atoms with van der Waals surface area (Å²) in [5.41, 5.74) is 6.60. The SMILES string of the molecule is NCc1nc(-c2ccc[nH]c2=O)cs1. The van der Waals surface area contributed by atoms with Gasteiger partial charge in [-0.05, 0) is 12.1 Å². The molecule has 0 bridgehead atoms. The van der Waals surface area contributed by atoms with Gasteiger partial charge in [0.1, 0.15) is 5.01 Å². The summed E-state index contributed by atoms with van der Waals surface area (Å²) in [6, 6.07) is 3.52. The van der Waals surface area contributed by atoms with Crippen LogP contribution in [0, 0.1) is 0 Å². The normalized spacial score (nSPS) is 10.4. The molecule has 0 aliphatic heterocycles. The number of rotatable bonds is 2. The molecule has 5 heteroatoms. The van der Waals surface area contributed by atoms with E-state index in [1.54, 1.807) is 18.3 Å². The Morgan fingerprint density at radius 2 is 2.43 bits per heavy atom. The van der Waals surface area contributed by atoms with E-state index in [0.29, 0.717) is 17.8 Å². The molecule has 3 N–H and O–H groups in total. The fourth-order valence-electron chi connectivity index (χ4n) is 1.15. The summed E-state index contributed by atoms with van der Waals surface area (Å²) in [4.78, 5) is 18.2. The van der Waals surface area contributed by atoms with Crippen molar-refractivity contribution in [3.8, 4) is 11.3 Å². The van der Waals surface area contributed by atoms with Crippen molar-refractivity contribution in [2.24, 2.45) is 5.73 Å². The maximum Gasteiger partial charge on any atom is 0.257 e. The van der Waals surface area contributed by atoms with Crippen LogP contribution >= 0.6 is 11.3 Å². The molecule has 2 rings (SSSR count). The first kappa shape index (κ1) is 9.11. The lowest BCUT2D eigenvalue weighted by Gasteiger charge is -1.92. The van der Waals surface area contributed by atoms with Gasteiger partial charge in [0.15, 0.2) is 0 Å². The van der Waals surface area contributed by atoms with Crippen LogP contribution < -0.4 is 11.3 Å². The molecule has 0 saturated heterocycles. The maximum atomic E-state index is 11.4. The largest absolute Gasteiger partial charge is 0.329 e. The Bertz CT molecular complexity index is 489. The van der Waals surface area contributed by atoms with E-state index in [9.17, 15) is 4.79 Å². The second-order valence-electron chi connectivity index (χ2n) is 2.74. The maximum absolute atomic E-state index is 11.4. The molecule has 72 valence electrons. The van der Waals surface area contributed by atoms with Gasteiger partial charge in [-0.15, -0.1) is 11.3 Å². The van der Waals surface area contributed by atoms with Crippen LogP contribution in [-0.4, -0.2) is 9.97 Å². The highest BCUT2D eigenvalue weighted by Gasteiger charge is 2.06. The van der Waals surface area contributed by atoms with Crippen LogP contribution in [0.5, 0.6) is 0 Å². The summed E-state index contributed by atoms with van der Waals surface area (Å²) in [6.07, 6.45) is 1.60. The van der Waals surface area contributed by atoms with Gasteiger partial charge in [-0.3, -0.25) is 4.79 Å². The van der Waals surface area contributed by atoms with Crippen molar-refractivity contribution in [2.45, 2.75) is 6.54 Å². The Morgan fingerprint density at radius 3 is 3.07 bits per heavy atom. The molecule has 0 atom stereocenters. The van der Waals surface area contributed by atoms with Crippen LogP contribution in [0.3, 0.4) is 0 Å². The van der Waals surface area contributed by atoms with Gasteiger partial charge < -0.3 is 10.7 Å². The highest BCUT2D eigenvalue weighted by Crippen LogP contribution is 2.17. The Kier molecular flexibility index (Phi) is 2.43. The van der Waals surface area contributed by atoms with Gasteiger partial charge in [0, 0.05) is 18.1 Å². The Balaban J connectivity index is 2.50. The van der Waals surface area contributed by atoms with E-state index in [2.05, 4.69) is 9.97 Å². The number of hydrogen-bond donors (Lipinski definition) is 2. The standard InChI is InChI=1S/C9H9N3OS/c10-4-8-12-7(5-14-8)6-2-1-3-11-9(6)13/h1-3,5H,4,10H2,(H,11,13). The van der Waals surface area contributed by atoms with Crippen molar-refractivity contribution in [3.63, 3.8) is 0 Å². The van der Waals surface area contributed by atoms with Crippen LogP contribution in [0.25, 0.3) is 11.3 Å². The number of thiazole rings is 1. The molecule has 0 amide bonds. The third kappa shape index (κ3) is 1.59. The molecule has 2 aromatic rings. The van der Waals surface area contributed by atoms with E-state index in [0.717, 1.165) is 5.01 Å². The van der Waals surface area contributed by atoms with Crippen molar-refractivity contribution in [1.82, 2.24) is 9.97 Å². The van der Waals surface area contributed by atoms with E-state index in [1.165, 1.54) is 11.3 Å². The monoisotopic (exact) mass is 207 g/mol. The number of aromatic nitrogens is 2. The topological polar surface area (TPSA) is 71.8 Å². The summed E-state index contributed by atoms with van der Waals surface area (Å²) in [5.74, 6) is 0. The zero-order valence-electron chi connectivity index (χ0n) is 7.36. The Morgan fingerprint density at radius 1 is 1.57 bits per heavy atom. The molecule has 2 heterocycles. The zero-order valence-corrected chi connectivity index (χ0v) is 8.17. The molecule has 0 unspecified atom stereocenters. The summed E-state index contributed by atoms with van der Waals surface area (Å²) in [6.45, 7) is 0.412. The number of hydrogen-bond acceptors (Lipinski definition) is 4. The van der Waals surface area contributed by atoms with Crippen LogP contribution in [-0.2, 0) is 6.54 Å². The summed E-state index contributed by atoms with van der Waals surface area (Å²) < 4.78 is 0. The molecule has 0 aliphatic carbocycles. The molecule has 0 aromatic carbocycles. The number of aromatic amines is 1. The highest BCUT2D eigenvalue weighted by molar-refractivity contribution is 7.09. The fraction of sp³-hybridized carbons (Fsp3) is 0.111. The van der Waals surface area contributed by atoms with Crippen LogP contribution in [0.2, 0.25) is 0 Å². The molecule has 0 spiro atoms.